The molecule has 18 heavy (non-hydrogen) atoms. The summed E-state index contributed by atoms with van der Waals surface area (Å²) in [5, 5.41) is 8.80. The molecular formula is C12H9FN2O2S. The number of halogens is 1. The fourth-order valence-corrected chi connectivity index (χ4v) is 2.15. The SMILES string of the molecule is O=C(O)c1cc(SCc2cnccn2)ccc1F. The van der Waals surface area contributed by atoms with E-state index < -0.39 is 11.8 Å². The molecule has 1 aromatic carbocycles. The number of thioether (sulfide) groups is 1. The van der Waals surface area contributed by atoms with Crippen LogP contribution in [0.3, 0.4) is 0 Å². The number of aromatic nitrogens is 2. The van der Waals surface area contributed by atoms with E-state index in [1.54, 1.807) is 24.7 Å². The van der Waals surface area contributed by atoms with Crippen LogP contribution in [0.4, 0.5) is 4.39 Å². The average Bonchev–Trinajstić information content (AvgIpc) is 2.38. The van der Waals surface area contributed by atoms with Crippen LogP contribution in [0.25, 0.3) is 0 Å². The van der Waals surface area contributed by atoms with Crippen LogP contribution < -0.4 is 0 Å². The maximum absolute atomic E-state index is 13.2. The minimum atomic E-state index is -1.27. The third-order valence-electron chi connectivity index (χ3n) is 2.17. The monoisotopic (exact) mass is 264 g/mol. The summed E-state index contributed by atoms with van der Waals surface area (Å²) in [6, 6.07) is 4.02. The van der Waals surface area contributed by atoms with Gasteiger partial charge in [0.1, 0.15) is 5.82 Å². The molecule has 0 saturated heterocycles. The Balaban J connectivity index is 2.11. The van der Waals surface area contributed by atoms with E-state index in [0.717, 1.165) is 11.8 Å². The fourth-order valence-electron chi connectivity index (χ4n) is 1.32. The minimum absolute atomic E-state index is 0.320. The summed E-state index contributed by atoms with van der Waals surface area (Å²) >= 11 is 1.38. The number of aromatic carboxylic acids is 1. The van der Waals surface area contributed by atoms with Crippen molar-refractivity contribution in [2.24, 2.45) is 0 Å². The van der Waals surface area contributed by atoms with Crippen LogP contribution >= 0.6 is 11.8 Å². The molecule has 1 N–H and O–H groups in total. The van der Waals surface area contributed by atoms with Crippen molar-refractivity contribution >= 4 is 17.7 Å². The normalized spacial score (nSPS) is 10.3. The lowest BCUT2D eigenvalue weighted by molar-refractivity contribution is 0.0691. The molecule has 0 bridgehead atoms. The second kappa shape index (κ2) is 5.59. The van der Waals surface area contributed by atoms with E-state index in [-0.39, 0.29) is 5.56 Å². The third kappa shape index (κ3) is 3.04. The van der Waals surface area contributed by atoms with E-state index in [4.69, 9.17) is 5.11 Å². The highest BCUT2D eigenvalue weighted by atomic mass is 32.2. The van der Waals surface area contributed by atoms with Crippen molar-refractivity contribution in [1.29, 1.82) is 0 Å². The van der Waals surface area contributed by atoms with Crippen LogP contribution in [0, 0.1) is 5.82 Å². The first-order chi connectivity index (χ1) is 8.66. The van der Waals surface area contributed by atoms with Gasteiger partial charge in [0, 0.05) is 29.2 Å². The molecule has 2 rings (SSSR count). The van der Waals surface area contributed by atoms with Crippen LogP contribution in [0.15, 0.2) is 41.7 Å². The first-order valence-corrected chi connectivity index (χ1v) is 6.06. The standard InChI is InChI=1S/C12H9FN2O2S/c13-11-2-1-9(5-10(11)12(16)17)18-7-8-6-14-3-4-15-8/h1-6H,7H2,(H,16,17). The number of benzene rings is 1. The van der Waals surface area contributed by atoms with E-state index in [2.05, 4.69) is 9.97 Å². The maximum Gasteiger partial charge on any atom is 0.338 e. The summed E-state index contributed by atoms with van der Waals surface area (Å²) in [6.45, 7) is 0. The Morgan fingerprint density at radius 3 is 2.89 bits per heavy atom. The predicted octanol–water partition coefficient (Wildman–Crippen LogP) is 2.61. The van der Waals surface area contributed by atoms with Gasteiger partial charge in [-0.05, 0) is 18.2 Å². The van der Waals surface area contributed by atoms with Gasteiger partial charge in [-0.25, -0.2) is 9.18 Å². The molecule has 0 fully saturated rings. The lowest BCUT2D eigenvalue weighted by Gasteiger charge is -2.03. The summed E-state index contributed by atoms with van der Waals surface area (Å²) in [7, 11) is 0. The number of carbonyl (C=O) groups is 1. The van der Waals surface area contributed by atoms with Crippen molar-refractivity contribution in [3.05, 3.63) is 53.9 Å². The molecule has 0 amide bonds. The highest BCUT2D eigenvalue weighted by Gasteiger charge is 2.11. The quantitative estimate of drug-likeness (QED) is 0.860. The van der Waals surface area contributed by atoms with Gasteiger partial charge in [0.25, 0.3) is 0 Å². The van der Waals surface area contributed by atoms with Crippen LogP contribution in [0.5, 0.6) is 0 Å². The Bertz CT molecular complexity index is 563. The molecule has 0 aliphatic rings. The van der Waals surface area contributed by atoms with Crippen molar-refractivity contribution < 1.29 is 14.3 Å². The number of hydrogen-bond donors (Lipinski definition) is 1. The van der Waals surface area contributed by atoms with Gasteiger partial charge in [-0.2, -0.15) is 0 Å². The van der Waals surface area contributed by atoms with Gasteiger partial charge < -0.3 is 5.11 Å². The molecule has 1 aromatic heterocycles. The molecule has 0 unspecified atom stereocenters. The molecule has 0 spiro atoms. The molecule has 92 valence electrons. The van der Waals surface area contributed by atoms with Gasteiger partial charge in [-0.1, -0.05) is 0 Å². The summed E-state index contributed by atoms with van der Waals surface area (Å²) in [5.74, 6) is -1.45. The lowest BCUT2D eigenvalue weighted by Crippen LogP contribution is -2.00. The number of hydrogen-bond acceptors (Lipinski definition) is 4. The largest absolute Gasteiger partial charge is 0.478 e. The highest BCUT2D eigenvalue weighted by Crippen LogP contribution is 2.23. The average molecular weight is 264 g/mol. The third-order valence-corrected chi connectivity index (χ3v) is 3.20. The van der Waals surface area contributed by atoms with E-state index in [0.29, 0.717) is 10.6 Å². The van der Waals surface area contributed by atoms with Crippen LogP contribution in [-0.4, -0.2) is 21.0 Å². The molecule has 6 heteroatoms. The molecule has 0 aliphatic heterocycles. The van der Waals surface area contributed by atoms with Crippen molar-refractivity contribution in [2.45, 2.75) is 10.6 Å². The van der Waals surface area contributed by atoms with Gasteiger partial charge >= 0.3 is 5.97 Å². The van der Waals surface area contributed by atoms with Gasteiger partial charge in [0.2, 0.25) is 0 Å². The maximum atomic E-state index is 13.2. The van der Waals surface area contributed by atoms with Crippen LogP contribution in [-0.2, 0) is 5.75 Å². The smallest absolute Gasteiger partial charge is 0.338 e. The molecule has 0 radical (unpaired) electrons. The highest BCUT2D eigenvalue weighted by molar-refractivity contribution is 7.98. The number of nitrogens with zero attached hydrogens (tertiary/aromatic N) is 2. The van der Waals surface area contributed by atoms with E-state index in [9.17, 15) is 9.18 Å². The summed E-state index contributed by atoms with van der Waals surface area (Å²) in [5.41, 5.74) is 0.461. The second-order valence-corrected chi connectivity index (χ2v) is 4.48. The summed E-state index contributed by atoms with van der Waals surface area (Å²) in [4.78, 5) is 19.5. The van der Waals surface area contributed by atoms with Crippen molar-refractivity contribution in [3.8, 4) is 0 Å². The van der Waals surface area contributed by atoms with Gasteiger partial charge in [0.15, 0.2) is 0 Å². The van der Waals surface area contributed by atoms with E-state index in [1.165, 1.54) is 17.8 Å². The second-order valence-electron chi connectivity index (χ2n) is 3.43. The molecule has 0 atom stereocenters. The Morgan fingerprint density at radius 2 is 2.22 bits per heavy atom. The topological polar surface area (TPSA) is 63.1 Å². The first kappa shape index (κ1) is 12.5. The van der Waals surface area contributed by atoms with Crippen molar-refractivity contribution in [2.75, 3.05) is 0 Å². The zero-order valence-electron chi connectivity index (χ0n) is 9.21. The predicted molar refractivity (Wildman–Crippen MR) is 65.0 cm³/mol. The molecule has 1 heterocycles. The summed E-state index contributed by atoms with van der Waals surface area (Å²) < 4.78 is 13.2. The summed E-state index contributed by atoms with van der Waals surface area (Å²) in [6.07, 6.45) is 4.80. The van der Waals surface area contributed by atoms with Gasteiger partial charge in [0.05, 0.1) is 11.3 Å². The molecule has 0 saturated carbocycles. The van der Waals surface area contributed by atoms with E-state index in [1.807, 2.05) is 0 Å². The Kier molecular flexibility index (Phi) is 3.88. The van der Waals surface area contributed by atoms with Crippen molar-refractivity contribution in [3.63, 3.8) is 0 Å². The zero-order valence-corrected chi connectivity index (χ0v) is 10.0. The van der Waals surface area contributed by atoms with Crippen LogP contribution in [0.2, 0.25) is 0 Å². The Hall–Kier alpha value is -1.95. The first-order valence-electron chi connectivity index (χ1n) is 5.07. The molecule has 2 aromatic rings. The Morgan fingerprint density at radius 1 is 1.39 bits per heavy atom. The van der Waals surface area contributed by atoms with Crippen LogP contribution in [0.1, 0.15) is 16.1 Å². The van der Waals surface area contributed by atoms with E-state index >= 15 is 0 Å². The molecule has 4 nitrogen and oxygen atoms in total. The number of carboxylic acid groups (broad SMARTS) is 1. The zero-order chi connectivity index (χ0) is 13.0. The van der Waals surface area contributed by atoms with Crippen molar-refractivity contribution in [1.82, 2.24) is 9.97 Å². The number of carboxylic acids is 1. The fraction of sp³-hybridized carbons (Fsp3) is 0.0833. The Labute approximate surface area is 107 Å². The molecule has 0 aliphatic carbocycles. The lowest BCUT2D eigenvalue weighted by atomic mass is 10.2. The minimum Gasteiger partial charge on any atom is -0.478 e. The number of rotatable bonds is 4. The van der Waals surface area contributed by atoms with Gasteiger partial charge in [-0.15, -0.1) is 11.8 Å². The van der Waals surface area contributed by atoms with Gasteiger partial charge in [-0.3, -0.25) is 9.97 Å². The molecular weight excluding hydrogens is 255 g/mol.